The first kappa shape index (κ1) is 14.3. The Labute approximate surface area is 98.3 Å². The predicted molar refractivity (Wildman–Crippen MR) is 55.2 cm³/mol. The average molecular weight is 250 g/mol. The minimum atomic E-state index is -1.94. The molecule has 1 aliphatic rings. The summed E-state index contributed by atoms with van der Waals surface area (Å²) in [4.78, 5) is 11.2. The van der Waals surface area contributed by atoms with E-state index < -0.39 is 42.4 Å². The lowest BCUT2D eigenvalue weighted by molar-refractivity contribution is -0.298. The lowest BCUT2D eigenvalue weighted by Crippen LogP contribution is -2.72. The Balaban J connectivity index is 2.90. The molecule has 0 bridgehead atoms. The fraction of sp³-hybridized carbons (Fsp3) is 0.900. The standard InChI is InChI=1S/C10H18O7/c1-4-5(2)17-10(4,9(15)16)8(14)7(13)6(12)3-11/h4-8,11-14H,3H2,1-2H3,(H,15,16)/t4?,5?,6-,7+,8-,10-/m1/s1. The summed E-state index contributed by atoms with van der Waals surface area (Å²) in [5.41, 5.74) is -1.94. The van der Waals surface area contributed by atoms with Crippen LogP contribution in [-0.4, -0.2) is 68.1 Å². The van der Waals surface area contributed by atoms with Gasteiger partial charge in [0.2, 0.25) is 0 Å². The molecule has 0 aromatic rings. The maximum Gasteiger partial charge on any atom is 0.339 e. The molecule has 0 aromatic carbocycles. The second kappa shape index (κ2) is 4.87. The molecule has 1 saturated heterocycles. The molecule has 0 aliphatic carbocycles. The van der Waals surface area contributed by atoms with Crippen LogP contribution in [0.1, 0.15) is 13.8 Å². The Morgan fingerprint density at radius 1 is 1.35 bits per heavy atom. The first-order chi connectivity index (χ1) is 7.78. The zero-order chi connectivity index (χ0) is 13.4. The van der Waals surface area contributed by atoms with Gasteiger partial charge < -0.3 is 30.3 Å². The Morgan fingerprint density at radius 2 is 1.88 bits per heavy atom. The first-order valence-electron chi connectivity index (χ1n) is 5.35. The molecule has 0 amide bonds. The number of hydrogen-bond donors (Lipinski definition) is 5. The van der Waals surface area contributed by atoms with E-state index in [1.807, 2.05) is 0 Å². The molecule has 0 radical (unpaired) electrons. The van der Waals surface area contributed by atoms with Crippen LogP contribution < -0.4 is 0 Å². The second-order valence-electron chi connectivity index (χ2n) is 4.40. The topological polar surface area (TPSA) is 127 Å². The Kier molecular flexibility index (Phi) is 4.11. The van der Waals surface area contributed by atoms with E-state index in [-0.39, 0.29) is 6.10 Å². The van der Waals surface area contributed by atoms with Gasteiger partial charge in [0.05, 0.1) is 12.7 Å². The monoisotopic (exact) mass is 250 g/mol. The molecule has 0 aromatic heterocycles. The number of aliphatic hydroxyl groups is 4. The van der Waals surface area contributed by atoms with Gasteiger partial charge in [0.15, 0.2) is 5.60 Å². The summed E-state index contributed by atoms with van der Waals surface area (Å²) >= 11 is 0. The highest BCUT2D eigenvalue weighted by Crippen LogP contribution is 2.43. The SMILES string of the molecule is CC1O[C@@](C(=O)O)([C@H](O)[C@@H](O)[C@H](O)CO)C1C. The quantitative estimate of drug-likeness (QED) is 0.379. The fourth-order valence-corrected chi connectivity index (χ4v) is 2.08. The van der Waals surface area contributed by atoms with Crippen LogP contribution in [0.25, 0.3) is 0 Å². The third-order valence-electron chi connectivity index (χ3n) is 3.44. The van der Waals surface area contributed by atoms with Gasteiger partial charge in [0.25, 0.3) is 0 Å². The summed E-state index contributed by atoms with van der Waals surface area (Å²) in [5, 5.41) is 46.3. The third-order valence-corrected chi connectivity index (χ3v) is 3.44. The van der Waals surface area contributed by atoms with Crippen molar-refractivity contribution in [1.82, 2.24) is 0 Å². The van der Waals surface area contributed by atoms with Crippen molar-refractivity contribution in [2.75, 3.05) is 6.61 Å². The van der Waals surface area contributed by atoms with E-state index in [1.54, 1.807) is 13.8 Å². The van der Waals surface area contributed by atoms with Crippen molar-refractivity contribution in [1.29, 1.82) is 0 Å². The van der Waals surface area contributed by atoms with Crippen LogP contribution >= 0.6 is 0 Å². The number of aliphatic hydroxyl groups excluding tert-OH is 4. The van der Waals surface area contributed by atoms with Crippen molar-refractivity contribution in [2.45, 2.75) is 43.9 Å². The smallest absolute Gasteiger partial charge is 0.339 e. The van der Waals surface area contributed by atoms with E-state index >= 15 is 0 Å². The van der Waals surface area contributed by atoms with Crippen molar-refractivity contribution in [3.63, 3.8) is 0 Å². The van der Waals surface area contributed by atoms with Crippen molar-refractivity contribution in [3.05, 3.63) is 0 Å². The molecule has 1 fully saturated rings. The number of aliphatic carboxylic acids is 1. The van der Waals surface area contributed by atoms with Crippen LogP contribution in [0.3, 0.4) is 0 Å². The highest BCUT2D eigenvalue weighted by Gasteiger charge is 2.63. The van der Waals surface area contributed by atoms with Gasteiger partial charge in [-0.2, -0.15) is 0 Å². The summed E-state index contributed by atoms with van der Waals surface area (Å²) in [7, 11) is 0. The largest absolute Gasteiger partial charge is 0.479 e. The molecule has 5 N–H and O–H groups in total. The van der Waals surface area contributed by atoms with Gasteiger partial charge in [-0.05, 0) is 6.92 Å². The molecular formula is C10H18O7. The number of carboxylic acid groups (broad SMARTS) is 1. The Morgan fingerprint density at radius 3 is 2.18 bits per heavy atom. The van der Waals surface area contributed by atoms with Gasteiger partial charge in [-0.15, -0.1) is 0 Å². The van der Waals surface area contributed by atoms with Gasteiger partial charge >= 0.3 is 5.97 Å². The molecule has 1 rings (SSSR count). The van der Waals surface area contributed by atoms with E-state index in [0.29, 0.717) is 0 Å². The van der Waals surface area contributed by atoms with Gasteiger partial charge in [0, 0.05) is 5.92 Å². The molecule has 0 saturated carbocycles. The zero-order valence-electron chi connectivity index (χ0n) is 9.65. The van der Waals surface area contributed by atoms with Gasteiger partial charge in [-0.3, -0.25) is 0 Å². The molecule has 0 spiro atoms. The molecule has 1 aliphatic heterocycles. The highest BCUT2D eigenvalue weighted by molar-refractivity contribution is 5.80. The molecule has 6 atom stereocenters. The van der Waals surface area contributed by atoms with Crippen molar-refractivity contribution in [3.8, 4) is 0 Å². The van der Waals surface area contributed by atoms with Gasteiger partial charge in [0.1, 0.15) is 18.3 Å². The van der Waals surface area contributed by atoms with Crippen LogP contribution in [0.5, 0.6) is 0 Å². The summed E-state index contributed by atoms with van der Waals surface area (Å²) in [6, 6.07) is 0. The number of carbonyl (C=O) groups is 1. The second-order valence-corrected chi connectivity index (χ2v) is 4.40. The molecule has 2 unspecified atom stereocenters. The number of carboxylic acids is 1. The summed E-state index contributed by atoms with van der Waals surface area (Å²) in [6.45, 7) is 2.44. The minimum Gasteiger partial charge on any atom is -0.479 e. The molecule has 17 heavy (non-hydrogen) atoms. The fourth-order valence-electron chi connectivity index (χ4n) is 2.08. The lowest BCUT2D eigenvalue weighted by Gasteiger charge is -2.52. The maximum atomic E-state index is 11.2. The first-order valence-corrected chi connectivity index (χ1v) is 5.35. The number of rotatable bonds is 5. The number of ether oxygens (including phenoxy) is 1. The summed E-state index contributed by atoms with van der Waals surface area (Å²) in [5.74, 6) is -1.92. The van der Waals surface area contributed by atoms with E-state index in [0.717, 1.165) is 0 Å². The molecule has 7 nitrogen and oxygen atoms in total. The number of hydrogen-bond acceptors (Lipinski definition) is 6. The highest BCUT2D eigenvalue weighted by atomic mass is 16.6. The Hall–Kier alpha value is -0.730. The molecule has 1 heterocycles. The van der Waals surface area contributed by atoms with Gasteiger partial charge in [-0.25, -0.2) is 4.79 Å². The van der Waals surface area contributed by atoms with E-state index in [2.05, 4.69) is 0 Å². The van der Waals surface area contributed by atoms with Crippen LogP contribution in [0.4, 0.5) is 0 Å². The van der Waals surface area contributed by atoms with Gasteiger partial charge in [-0.1, -0.05) is 6.92 Å². The van der Waals surface area contributed by atoms with Crippen molar-refractivity contribution >= 4 is 5.97 Å². The van der Waals surface area contributed by atoms with E-state index in [9.17, 15) is 20.1 Å². The van der Waals surface area contributed by atoms with Crippen LogP contribution in [0.15, 0.2) is 0 Å². The predicted octanol–water partition coefficient (Wildman–Crippen LogP) is -2.06. The maximum absolute atomic E-state index is 11.2. The minimum absolute atomic E-state index is 0.362. The van der Waals surface area contributed by atoms with Crippen LogP contribution in [0, 0.1) is 5.92 Å². The third kappa shape index (κ3) is 2.04. The normalized spacial score (nSPS) is 38.0. The van der Waals surface area contributed by atoms with Crippen LogP contribution in [-0.2, 0) is 9.53 Å². The zero-order valence-corrected chi connectivity index (χ0v) is 9.65. The lowest BCUT2D eigenvalue weighted by atomic mass is 9.72. The Bertz CT molecular complexity index is 294. The molecule has 7 heteroatoms. The summed E-state index contributed by atoms with van der Waals surface area (Å²) < 4.78 is 5.08. The van der Waals surface area contributed by atoms with Crippen LogP contribution in [0.2, 0.25) is 0 Å². The summed E-state index contributed by atoms with van der Waals surface area (Å²) in [6.07, 6.45) is -5.58. The molecular weight excluding hydrogens is 232 g/mol. The van der Waals surface area contributed by atoms with E-state index in [1.165, 1.54) is 0 Å². The van der Waals surface area contributed by atoms with E-state index in [4.69, 9.17) is 14.9 Å². The van der Waals surface area contributed by atoms with Crippen molar-refractivity contribution < 1.29 is 35.1 Å². The molecule has 100 valence electrons. The van der Waals surface area contributed by atoms with Crippen molar-refractivity contribution in [2.24, 2.45) is 5.92 Å². The average Bonchev–Trinajstić information content (AvgIpc) is 2.31.